The molecule has 0 saturated carbocycles. The van der Waals surface area contributed by atoms with E-state index in [0.717, 1.165) is 75.7 Å². The first-order chi connectivity index (χ1) is 36.3. The van der Waals surface area contributed by atoms with Gasteiger partial charge in [0.15, 0.2) is 0 Å². The number of allylic oxidation sites excluding steroid dienone is 1. The van der Waals surface area contributed by atoms with Crippen molar-refractivity contribution in [3.05, 3.63) is 116 Å². The molecule has 7 N–H and O–H groups in total. The van der Waals surface area contributed by atoms with E-state index in [4.69, 9.17) is 14.2 Å². The minimum atomic E-state index is -0.986. The van der Waals surface area contributed by atoms with Gasteiger partial charge in [0.2, 0.25) is 17.7 Å². The minimum Gasteiger partial charge on any atom is -0.391 e. The van der Waals surface area contributed by atoms with Gasteiger partial charge in [-0.3, -0.25) is 24.0 Å². The predicted molar refractivity (Wildman–Crippen MR) is 298 cm³/mol. The van der Waals surface area contributed by atoms with Crippen LogP contribution in [-0.4, -0.2) is 133 Å². The van der Waals surface area contributed by atoms with Crippen LogP contribution in [0.15, 0.2) is 71.3 Å². The number of aryl methyl sites for hydroxylation is 2. The minimum absolute atomic E-state index is 0.0274. The van der Waals surface area contributed by atoms with Crippen molar-refractivity contribution in [1.82, 2.24) is 36.1 Å². The summed E-state index contributed by atoms with van der Waals surface area (Å²) in [5, 5.41) is 26.2. The third kappa shape index (κ3) is 14.6. The van der Waals surface area contributed by atoms with Gasteiger partial charge in [-0.25, -0.2) is 4.98 Å². The highest BCUT2D eigenvalue weighted by atomic mass is 32.2. The van der Waals surface area contributed by atoms with E-state index in [1.807, 2.05) is 97.0 Å². The molecule has 2 aromatic carbocycles. The number of β-amino-alcohol motifs (C(OH)–C–C–N with tert-alkyl or cyclic N) is 1. The van der Waals surface area contributed by atoms with E-state index in [0.29, 0.717) is 43.3 Å². The van der Waals surface area contributed by atoms with Crippen molar-refractivity contribution in [3.8, 4) is 11.1 Å². The number of pyridine rings is 2. The molecule has 3 aliphatic rings. The van der Waals surface area contributed by atoms with Gasteiger partial charge in [-0.2, -0.15) is 0 Å². The smallest absolute Gasteiger partial charge is 0.253 e. The van der Waals surface area contributed by atoms with Crippen LogP contribution in [0.1, 0.15) is 111 Å². The maximum Gasteiger partial charge on any atom is 0.253 e. The quantitative estimate of drug-likeness (QED) is 0.0442. The van der Waals surface area contributed by atoms with Crippen molar-refractivity contribution in [2.45, 2.75) is 118 Å². The van der Waals surface area contributed by atoms with Crippen LogP contribution in [0.4, 0.5) is 11.5 Å². The number of anilines is 2. The number of thioether (sulfide) groups is 1. The second-order valence-corrected chi connectivity index (χ2v) is 22.0. The molecule has 0 bridgehead atoms. The molecule has 0 aliphatic carbocycles. The summed E-state index contributed by atoms with van der Waals surface area (Å²) in [7, 11) is 0. The van der Waals surface area contributed by atoms with Crippen LogP contribution in [0.2, 0.25) is 0 Å². The first kappa shape index (κ1) is 57.5. The molecule has 4 amide bonds. The van der Waals surface area contributed by atoms with Crippen LogP contribution in [0.3, 0.4) is 0 Å². The van der Waals surface area contributed by atoms with Crippen molar-refractivity contribution in [2.75, 3.05) is 75.4 Å². The zero-order valence-electron chi connectivity index (χ0n) is 45.5. The Labute approximate surface area is 450 Å². The number of aliphatic hydroxyl groups is 1. The number of aromatic nitrogens is 2. The second kappa shape index (κ2) is 26.2. The van der Waals surface area contributed by atoms with Crippen LogP contribution in [0, 0.1) is 26.2 Å². The van der Waals surface area contributed by atoms with E-state index < -0.39 is 35.4 Å². The van der Waals surface area contributed by atoms with Crippen LogP contribution >= 0.6 is 11.8 Å². The molecule has 7 rings (SSSR count). The zero-order valence-corrected chi connectivity index (χ0v) is 46.3. The van der Waals surface area contributed by atoms with Crippen molar-refractivity contribution >= 4 is 51.8 Å². The molecule has 19 heteroatoms. The number of hydrogen-bond acceptors (Lipinski definition) is 14. The topological polar surface area (TPSA) is 229 Å². The van der Waals surface area contributed by atoms with Crippen molar-refractivity contribution in [2.24, 2.45) is 5.41 Å². The van der Waals surface area contributed by atoms with E-state index in [1.54, 1.807) is 18.0 Å². The lowest BCUT2D eigenvalue weighted by molar-refractivity contribution is -0.144. The van der Waals surface area contributed by atoms with Crippen LogP contribution < -0.4 is 37.0 Å². The number of nitrogens with zero attached hydrogens (tertiary/aromatic N) is 3. The molecular weight excluding hydrogens is 987 g/mol. The fourth-order valence-corrected chi connectivity index (χ4v) is 11.1. The molecule has 1 unspecified atom stereocenters. The second-order valence-electron chi connectivity index (χ2n) is 21.0. The molecular formula is C57H77N9O9S. The number of nitrogens with one attached hydrogen (secondary N) is 6. The van der Waals surface area contributed by atoms with Crippen molar-refractivity contribution in [3.63, 3.8) is 0 Å². The monoisotopic (exact) mass is 1060 g/mol. The summed E-state index contributed by atoms with van der Waals surface area (Å²) in [4.78, 5) is 80.2. The van der Waals surface area contributed by atoms with Gasteiger partial charge >= 0.3 is 0 Å². The molecule has 2 aromatic heterocycles. The Hall–Kier alpha value is -6.25. The molecule has 2 saturated heterocycles. The Bertz CT molecular complexity index is 2770. The molecule has 4 atom stereocenters. The maximum absolute atomic E-state index is 14.1. The molecule has 2 fully saturated rings. The number of carbonyl (C=O) groups excluding carboxylic acids is 4. The van der Waals surface area contributed by atoms with E-state index in [1.165, 1.54) is 9.81 Å². The Morgan fingerprint density at radius 2 is 1.67 bits per heavy atom. The number of H-pyrrole nitrogens is 1. The summed E-state index contributed by atoms with van der Waals surface area (Å²) in [6.45, 7) is 20.3. The lowest BCUT2D eigenvalue weighted by atomic mass is 9.85. The number of aromatic amines is 1. The summed E-state index contributed by atoms with van der Waals surface area (Å²) in [6, 6.07) is 15.8. The fraction of sp³-hybridized carbons (Fsp3) is 0.509. The number of benzene rings is 2. The van der Waals surface area contributed by atoms with Gasteiger partial charge in [-0.1, -0.05) is 45.0 Å². The predicted octanol–water partition coefficient (Wildman–Crippen LogP) is 6.10. The highest BCUT2D eigenvalue weighted by molar-refractivity contribution is 8.08. The number of carbonyl (C=O) groups is 4. The summed E-state index contributed by atoms with van der Waals surface area (Å²) in [5.74, 6) is -0.105. The number of hydrogen-bond donors (Lipinski definition) is 7. The normalized spacial score (nSPS) is 17.7. The molecule has 410 valence electrons. The molecule has 76 heavy (non-hydrogen) atoms. The largest absolute Gasteiger partial charge is 0.391 e. The molecule has 3 aliphatic heterocycles. The van der Waals surface area contributed by atoms with Gasteiger partial charge in [0.25, 0.3) is 11.5 Å². The number of likely N-dealkylation sites (tertiary alicyclic amines) is 1. The van der Waals surface area contributed by atoms with Crippen LogP contribution in [0.5, 0.6) is 0 Å². The molecule has 0 radical (unpaired) electrons. The van der Waals surface area contributed by atoms with Gasteiger partial charge in [-0.05, 0) is 118 Å². The maximum atomic E-state index is 14.1. The lowest BCUT2D eigenvalue weighted by Crippen LogP contribution is -2.58. The van der Waals surface area contributed by atoms with Crippen LogP contribution in [-0.2, 0) is 35.1 Å². The van der Waals surface area contributed by atoms with E-state index in [-0.39, 0.29) is 68.8 Å². The average Bonchev–Trinajstić information content (AvgIpc) is 4.02. The average molecular weight is 1060 g/mol. The van der Waals surface area contributed by atoms with Gasteiger partial charge in [0.05, 0.1) is 37.8 Å². The summed E-state index contributed by atoms with van der Waals surface area (Å²) in [6.07, 6.45) is 2.74. The Kier molecular flexibility index (Phi) is 19.8. The third-order valence-electron chi connectivity index (χ3n) is 14.3. The Balaban J connectivity index is 0.873. The molecule has 4 aromatic rings. The van der Waals surface area contributed by atoms with E-state index >= 15 is 0 Å². The number of amides is 4. The van der Waals surface area contributed by atoms with E-state index in [9.17, 15) is 29.1 Å². The first-order valence-corrected chi connectivity index (χ1v) is 27.4. The highest BCUT2D eigenvalue weighted by Gasteiger charge is 2.45. The summed E-state index contributed by atoms with van der Waals surface area (Å²) < 4.78 is 17.1. The number of rotatable bonds is 22. The standard InChI is InChI=1S/C57H77N9O9S/c1-10-65(43-17-20-73-21-18-43)47-27-42(26-45(36(47)4)53(69)60-30-46-34(2)25-35(3)62-54(46)70)41-15-16-49(59-29-41)58-19-22-74-23-24-75-32-50(68)64-52(57(7,8)9)56(72)66-31-44(67)28-48(66)55(71)63-37(5)39-11-13-40(14-12-39)51-38(6)61-33-76-51/h11-16,25-27,29,37,43-44,48,52,61,67H,10,17-24,28,30-33H2,1-9H3,(H,58,59)(H,60,69)(H,62,70)(H,63,71)(H,64,68)/t37-,44+,48-,52?/m0/s1. The fourth-order valence-electron chi connectivity index (χ4n) is 10.0. The van der Waals surface area contributed by atoms with Crippen LogP contribution in [0.25, 0.3) is 16.0 Å². The van der Waals surface area contributed by atoms with Gasteiger partial charge in [-0.15, -0.1) is 11.8 Å². The lowest BCUT2D eigenvalue weighted by Gasteiger charge is -2.37. The Morgan fingerprint density at radius 3 is 2.33 bits per heavy atom. The van der Waals surface area contributed by atoms with Gasteiger partial charge < -0.3 is 60.7 Å². The third-order valence-corrected chi connectivity index (χ3v) is 15.4. The molecule has 18 nitrogen and oxygen atoms in total. The number of ether oxygens (including phenoxy) is 3. The first-order valence-electron chi connectivity index (χ1n) is 26.4. The van der Waals surface area contributed by atoms with E-state index in [2.05, 4.69) is 61.4 Å². The molecule has 0 spiro atoms. The van der Waals surface area contributed by atoms with Gasteiger partial charge in [0.1, 0.15) is 24.5 Å². The SMILES string of the molecule is CCN(c1cc(-c2ccc(NCCOCCOCC(=O)NC(C(=O)N3C[C@H](O)C[C@H]3C(=O)N[C@@H](C)c3ccc(C4=C(C)NCS4)cc3)C(C)(C)C)nc2)cc(C(=O)NCc2c(C)cc(C)[nH]c2=O)c1C)C1CCOCC1. The number of aliphatic hydroxyl groups excluding tert-OH is 1. The summed E-state index contributed by atoms with van der Waals surface area (Å²) in [5.41, 5.74) is 8.34. The highest BCUT2D eigenvalue weighted by Crippen LogP contribution is 2.36. The van der Waals surface area contributed by atoms with Crippen molar-refractivity contribution in [1.29, 1.82) is 0 Å². The van der Waals surface area contributed by atoms with Crippen molar-refractivity contribution < 1.29 is 38.5 Å². The Morgan fingerprint density at radius 1 is 0.947 bits per heavy atom. The zero-order chi connectivity index (χ0) is 54.7. The molecule has 5 heterocycles. The van der Waals surface area contributed by atoms with Gasteiger partial charge in [0, 0.05) is 96.7 Å². The summed E-state index contributed by atoms with van der Waals surface area (Å²) >= 11 is 1.75.